The van der Waals surface area contributed by atoms with Crippen molar-refractivity contribution in [3.05, 3.63) is 0 Å². The first kappa shape index (κ1) is 36.7. The van der Waals surface area contributed by atoms with Gasteiger partial charge in [0.25, 0.3) is 0 Å². The van der Waals surface area contributed by atoms with E-state index in [0.717, 1.165) is 63.5 Å². The topological polar surface area (TPSA) is 167 Å². The highest BCUT2D eigenvalue weighted by Gasteiger charge is 2.42. The van der Waals surface area contributed by atoms with Gasteiger partial charge in [-0.25, -0.2) is 0 Å². The van der Waals surface area contributed by atoms with Gasteiger partial charge in [-0.05, 0) is 88.0 Å². The van der Waals surface area contributed by atoms with Crippen molar-refractivity contribution in [1.29, 1.82) is 0 Å². The molecule has 2 aliphatic carbocycles. The molecule has 5 atom stereocenters. The molecule has 1 heterocycles. The third kappa shape index (κ3) is 10.1. The summed E-state index contributed by atoms with van der Waals surface area (Å²) in [6.07, 6.45) is 9.07. The summed E-state index contributed by atoms with van der Waals surface area (Å²) in [6.45, 7) is 9.47. The normalized spacial score (nSPS) is 32.3. The summed E-state index contributed by atoms with van der Waals surface area (Å²) < 4.78 is 0. The van der Waals surface area contributed by atoms with Crippen molar-refractivity contribution in [3.63, 3.8) is 0 Å². The van der Waals surface area contributed by atoms with E-state index in [-0.39, 0.29) is 59.7 Å². The van der Waals surface area contributed by atoms with E-state index in [1.54, 1.807) is 6.92 Å². The Bertz CT molecular complexity index is 586. The van der Waals surface area contributed by atoms with E-state index >= 15 is 0 Å². The third-order valence-electron chi connectivity index (χ3n) is 8.44. The van der Waals surface area contributed by atoms with Gasteiger partial charge >= 0.3 is 0 Å². The number of piperidine rings is 1. The smallest absolute Gasteiger partial charge is 0.223 e. The number of carbonyl (C=O) groups excluding carboxylic acids is 1. The predicted molar refractivity (Wildman–Crippen MR) is 144 cm³/mol. The number of aliphatic hydroxyl groups is 2. The van der Waals surface area contributed by atoms with Gasteiger partial charge < -0.3 is 36.9 Å². The van der Waals surface area contributed by atoms with Crippen LogP contribution >= 0.6 is 11.6 Å². The summed E-state index contributed by atoms with van der Waals surface area (Å²) in [5.41, 5.74) is 0.229. The number of hydrogen-bond acceptors (Lipinski definition) is 4. The van der Waals surface area contributed by atoms with Gasteiger partial charge in [0.15, 0.2) is 0 Å². The first-order chi connectivity index (χ1) is 14.7. The van der Waals surface area contributed by atoms with Gasteiger partial charge in [0.2, 0.25) is 5.91 Å². The molecule has 0 aromatic rings. The summed E-state index contributed by atoms with van der Waals surface area (Å²) in [7, 11) is 0. The molecule has 35 heavy (non-hydrogen) atoms. The Morgan fingerprint density at radius 3 is 2.26 bits per heavy atom. The second kappa shape index (κ2) is 16.4. The summed E-state index contributed by atoms with van der Waals surface area (Å²) in [4.78, 5) is 15.3. The molecule has 1 aliphatic heterocycles. The molecule has 9 N–H and O–H groups in total. The second-order valence-electron chi connectivity index (χ2n) is 11.4. The number of nitrogens with one attached hydrogen (secondary N) is 1. The number of aliphatic hydroxyl groups excluding tert-OH is 2. The molecule has 3 aliphatic rings. The van der Waals surface area contributed by atoms with Crippen molar-refractivity contribution in [1.82, 2.24) is 10.2 Å². The van der Waals surface area contributed by atoms with Crippen molar-refractivity contribution in [2.75, 3.05) is 26.2 Å². The fourth-order valence-electron chi connectivity index (χ4n) is 6.59. The highest BCUT2D eigenvalue weighted by molar-refractivity contribution is 6.20. The van der Waals surface area contributed by atoms with E-state index in [2.05, 4.69) is 24.1 Å². The molecule has 1 saturated heterocycles. The highest BCUT2D eigenvalue weighted by Crippen LogP contribution is 2.45. The van der Waals surface area contributed by atoms with E-state index in [4.69, 9.17) is 11.6 Å². The molecule has 3 fully saturated rings. The van der Waals surface area contributed by atoms with E-state index in [9.17, 15) is 15.0 Å². The molecule has 3 rings (SSSR count). The van der Waals surface area contributed by atoms with Gasteiger partial charge in [-0.3, -0.25) is 4.79 Å². The minimum atomic E-state index is -0.582. The molecular weight excluding hydrogens is 472 g/mol. The summed E-state index contributed by atoms with van der Waals surface area (Å²) >= 11 is 6.34. The maximum absolute atomic E-state index is 12.9. The minimum absolute atomic E-state index is 0. The van der Waals surface area contributed by atoms with Crippen LogP contribution in [0.1, 0.15) is 86.0 Å². The molecule has 0 radical (unpaired) electrons. The summed E-state index contributed by atoms with van der Waals surface area (Å²) in [5.74, 6) is 1.76. The van der Waals surface area contributed by atoms with E-state index in [0.29, 0.717) is 11.9 Å². The van der Waals surface area contributed by atoms with Crippen LogP contribution in [0.2, 0.25) is 0 Å². The lowest BCUT2D eigenvalue weighted by Gasteiger charge is -2.49. The lowest BCUT2D eigenvalue weighted by atomic mass is 9.64. The first-order valence-corrected chi connectivity index (χ1v) is 13.1. The van der Waals surface area contributed by atoms with Crippen molar-refractivity contribution in [3.8, 4) is 0 Å². The molecule has 1 amide bonds. The quantitative estimate of drug-likeness (QED) is 0.431. The lowest BCUT2D eigenvalue weighted by Crippen LogP contribution is -2.55. The molecule has 9 heteroatoms. The second-order valence-corrected chi connectivity index (χ2v) is 12.0. The average molecular weight is 527 g/mol. The standard InChI is InChI=1S/C25H45ClN2O3.CH4.3H2O/c1-17(30)23(27-24(31)20-6-4-5-18(13-20)15-29)14-28-12-11-22(25(2,3)16-28)19-7-9-21(26)10-8-19;;;;/h17-23,29-30H,4-16H2,1-3H3,(H,27,31);1H4;3*1H2/t17-,18?,19?,20?,21?,22?,23+;;;;/m1..../s1. The Labute approximate surface area is 218 Å². The zero-order valence-corrected chi connectivity index (χ0v) is 22.1. The number of alkyl halides is 1. The summed E-state index contributed by atoms with van der Waals surface area (Å²) in [6, 6.07) is -0.249. The van der Waals surface area contributed by atoms with Crippen LogP contribution in [0.5, 0.6) is 0 Å². The van der Waals surface area contributed by atoms with Crippen molar-refractivity contribution >= 4 is 17.5 Å². The Kier molecular flexibility index (Phi) is 17.2. The number of amides is 1. The Morgan fingerprint density at radius 2 is 1.71 bits per heavy atom. The molecule has 8 nitrogen and oxygen atoms in total. The number of nitrogens with zero attached hydrogens (tertiary/aromatic N) is 1. The lowest BCUT2D eigenvalue weighted by molar-refractivity contribution is -0.128. The molecule has 212 valence electrons. The van der Waals surface area contributed by atoms with Crippen molar-refractivity contribution in [2.45, 2.75) is 104 Å². The van der Waals surface area contributed by atoms with E-state index in [1.807, 2.05) is 0 Å². The fourth-order valence-corrected chi connectivity index (χ4v) is 6.84. The highest BCUT2D eigenvalue weighted by atomic mass is 35.5. The fraction of sp³-hybridized carbons (Fsp3) is 0.962. The van der Waals surface area contributed by atoms with Crippen LogP contribution in [0.25, 0.3) is 0 Å². The molecule has 2 saturated carbocycles. The van der Waals surface area contributed by atoms with Crippen LogP contribution < -0.4 is 5.32 Å². The maximum atomic E-state index is 12.9. The molecule has 3 unspecified atom stereocenters. The number of carbonyl (C=O) groups is 1. The molecule has 0 bridgehead atoms. The molecule has 0 aromatic carbocycles. The van der Waals surface area contributed by atoms with Gasteiger partial charge in [0, 0.05) is 31.0 Å². The molecular formula is C26H55ClN2O6. The van der Waals surface area contributed by atoms with Crippen molar-refractivity contribution < 1.29 is 31.4 Å². The van der Waals surface area contributed by atoms with E-state index in [1.165, 1.54) is 19.3 Å². The predicted octanol–water partition coefficient (Wildman–Crippen LogP) is 1.96. The Balaban J connectivity index is 0. The number of hydrogen-bond donors (Lipinski definition) is 3. The van der Waals surface area contributed by atoms with Crippen LogP contribution in [0.15, 0.2) is 0 Å². The minimum Gasteiger partial charge on any atom is -0.412 e. The third-order valence-corrected chi connectivity index (χ3v) is 8.87. The number of rotatable bonds is 7. The zero-order chi connectivity index (χ0) is 22.6. The van der Waals surface area contributed by atoms with Crippen LogP contribution in [-0.2, 0) is 4.79 Å². The Hall–Kier alpha value is -0.480. The van der Waals surface area contributed by atoms with Crippen LogP contribution in [0, 0.1) is 29.1 Å². The van der Waals surface area contributed by atoms with Gasteiger partial charge in [0.05, 0.1) is 12.1 Å². The van der Waals surface area contributed by atoms with Crippen molar-refractivity contribution in [2.24, 2.45) is 29.1 Å². The van der Waals surface area contributed by atoms with Crippen LogP contribution in [0.4, 0.5) is 0 Å². The Morgan fingerprint density at radius 1 is 1.09 bits per heavy atom. The van der Waals surface area contributed by atoms with Gasteiger partial charge in [-0.2, -0.15) is 0 Å². The zero-order valence-electron chi connectivity index (χ0n) is 21.4. The largest absolute Gasteiger partial charge is 0.412 e. The van der Waals surface area contributed by atoms with Crippen LogP contribution in [-0.4, -0.2) is 81.2 Å². The monoisotopic (exact) mass is 526 g/mol. The number of likely N-dealkylation sites (tertiary alicyclic amines) is 1. The molecule has 0 aromatic heterocycles. The number of halogens is 1. The summed E-state index contributed by atoms with van der Waals surface area (Å²) in [5, 5.41) is 23.4. The van der Waals surface area contributed by atoms with E-state index < -0.39 is 6.10 Å². The SMILES string of the molecule is C.C[C@@H](O)[C@H](CN1CCC(C2CCC(Cl)CC2)C(C)(C)C1)NC(=O)C1CCCC(CO)C1.O.O.O. The maximum Gasteiger partial charge on any atom is 0.223 e. The van der Waals surface area contributed by atoms with Gasteiger partial charge in [-0.1, -0.05) is 27.7 Å². The van der Waals surface area contributed by atoms with Gasteiger partial charge in [-0.15, -0.1) is 11.6 Å². The van der Waals surface area contributed by atoms with Crippen LogP contribution in [0.3, 0.4) is 0 Å². The average Bonchev–Trinajstić information content (AvgIpc) is 2.73. The molecule has 0 spiro atoms. The first-order valence-electron chi connectivity index (χ1n) is 12.6. The van der Waals surface area contributed by atoms with Gasteiger partial charge in [0.1, 0.15) is 0 Å².